The van der Waals surface area contributed by atoms with Gasteiger partial charge in [0, 0.05) is 10.2 Å². The van der Waals surface area contributed by atoms with Crippen LogP contribution in [-0.2, 0) is 4.74 Å². The van der Waals surface area contributed by atoms with E-state index in [9.17, 15) is 15.0 Å². The number of methoxy groups -OCH3 is 1. The number of carbonyl (C=O) groups is 1. The van der Waals surface area contributed by atoms with Crippen molar-refractivity contribution in [1.82, 2.24) is 0 Å². The van der Waals surface area contributed by atoms with E-state index in [1.54, 1.807) is 12.1 Å². The van der Waals surface area contributed by atoms with Gasteiger partial charge in [-0.05, 0) is 18.6 Å². The molecule has 0 fully saturated rings. The largest absolute Gasteiger partial charge is 0.465 e. The van der Waals surface area contributed by atoms with E-state index >= 15 is 0 Å². The van der Waals surface area contributed by atoms with Crippen molar-refractivity contribution in [2.24, 2.45) is 0 Å². The molecule has 0 spiro atoms. The topological polar surface area (TPSA) is 66.8 Å². The van der Waals surface area contributed by atoms with Gasteiger partial charge in [0.25, 0.3) is 0 Å². The maximum Gasteiger partial charge on any atom is 0.348 e. The summed E-state index contributed by atoms with van der Waals surface area (Å²) >= 11 is 4.32. The molecule has 0 saturated carbocycles. The number of alkyl halides is 1. The van der Waals surface area contributed by atoms with Gasteiger partial charge in [-0.2, -0.15) is 0 Å². The molecule has 0 saturated heterocycles. The number of halogens is 1. The SMILES string of the molecule is COC(=O)c1ccc(C(O)C(O)CCBr)s1. The maximum atomic E-state index is 11.2. The predicted molar refractivity (Wildman–Crippen MR) is 65.0 cm³/mol. The van der Waals surface area contributed by atoms with Gasteiger partial charge in [0.1, 0.15) is 11.0 Å². The number of aliphatic hydroxyl groups is 2. The van der Waals surface area contributed by atoms with Crippen LogP contribution in [0.25, 0.3) is 0 Å². The van der Waals surface area contributed by atoms with E-state index in [0.717, 1.165) is 11.3 Å². The lowest BCUT2D eigenvalue weighted by atomic mass is 10.1. The van der Waals surface area contributed by atoms with Crippen LogP contribution in [0.1, 0.15) is 27.1 Å². The number of hydrogen-bond acceptors (Lipinski definition) is 5. The van der Waals surface area contributed by atoms with Crippen LogP contribution in [0.4, 0.5) is 0 Å². The summed E-state index contributed by atoms with van der Waals surface area (Å²) in [5.74, 6) is -0.432. The highest BCUT2D eigenvalue weighted by Gasteiger charge is 2.21. The number of esters is 1. The lowest BCUT2D eigenvalue weighted by Gasteiger charge is -2.14. The fourth-order valence-electron chi connectivity index (χ4n) is 1.18. The first-order valence-corrected chi connectivity index (χ1v) is 6.64. The van der Waals surface area contributed by atoms with Crippen LogP contribution < -0.4 is 0 Å². The molecule has 2 unspecified atom stereocenters. The first-order chi connectivity index (χ1) is 7.60. The number of rotatable bonds is 5. The summed E-state index contributed by atoms with van der Waals surface area (Å²) in [5, 5.41) is 20.0. The second-order valence-corrected chi connectivity index (χ2v) is 5.09. The van der Waals surface area contributed by atoms with Gasteiger partial charge >= 0.3 is 5.97 Å². The quantitative estimate of drug-likeness (QED) is 0.642. The lowest BCUT2D eigenvalue weighted by molar-refractivity contribution is 0.0195. The Morgan fingerprint density at radius 3 is 2.81 bits per heavy atom. The predicted octanol–water partition coefficient (Wildman–Crippen LogP) is 1.71. The zero-order valence-electron chi connectivity index (χ0n) is 8.72. The van der Waals surface area contributed by atoms with E-state index in [2.05, 4.69) is 20.7 Å². The second-order valence-electron chi connectivity index (χ2n) is 3.18. The summed E-state index contributed by atoms with van der Waals surface area (Å²) in [4.78, 5) is 12.2. The molecule has 0 aliphatic heterocycles. The highest BCUT2D eigenvalue weighted by molar-refractivity contribution is 9.09. The zero-order chi connectivity index (χ0) is 12.1. The van der Waals surface area contributed by atoms with Crippen molar-refractivity contribution < 1.29 is 19.7 Å². The summed E-state index contributed by atoms with van der Waals surface area (Å²) < 4.78 is 4.56. The van der Waals surface area contributed by atoms with Crippen LogP contribution in [0.15, 0.2) is 12.1 Å². The molecule has 1 aromatic rings. The van der Waals surface area contributed by atoms with Gasteiger partial charge in [-0.25, -0.2) is 4.79 Å². The molecule has 6 heteroatoms. The Bertz CT molecular complexity index is 352. The van der Waals surface area contributed by atoms with Crippen molar-refractivity contribution in [3.05, 3.63) is 21.9 Å². The zero-order valence-corrected chi connectivity index (χ0v) is 11.1. The molecule has 2 atom stereocenters. The third kappa shape index (κ3) is 3.28. The Labute approximate surface area is 106 Å². The Hall–Kier alpha value is -0.430. The minimum absolute atomic E-state index is 0.419. The smallest absolute Gasteiger partial charge is 0.348 e. The van der Waals surface area contributed by atoms with E-state index in [-0.39, 0.29) is 0 Å². The molecule has 0 aliphatic rings. The monoisotopic (exact) mass is 308 g/mol. The highest BCUT2D eigenvalue weighted by atomic mass is 79.9. The van der Waals surface area contributed by atoms with Gasteiger partial charge in [-0.15, -0.1) is 11.3 Å². The Morgan fingerprint density at radius 2 is 2.25 bits per heavy atom. The molecule has 2 N–H and O–H groups in total. The van der Waals surface area contributed by atoms with Crippen molar-refractivity contribution in [2.45, 2.75) is 18.6 Å². The molecular formula is C10H13BrO4S. The minimum Gasteiger partial charge on any atom is -0.465 e. The van der Waals surface area contributed by atoms with E-state index in [4.69, 9.17) is 0 Å². The molecule has 0 radical (unpaired) electrons. The van der Waals surface area contributed by atoms with Crippen molar-refractivity contribution in [2.75, 3.05) is 12.4 Å². The van der Waals surface area contributed by atoms with Gasteiger partial charge in [-0.3, -0.25) is 0 Å². The molecule has 90 valence electrons. The van der Waals surface area contributed by atoms with Crippen LogP contribution in [0.5, 0.6) is 0 Å². The first-order valence-electron chi connectivity index (χ1n) is 4.70. The van der Waals surface area contributed by atoms with E-state index < -0.39 is 18.2 Å². The van der Waals surface area contributed by atoms with Crippen LogP contribution in [0, 0.1) is 0 Å². The van der Waals surface area contributed by atoms with E-state index in [1.165, 1.54) is 7.11 Å². The summed E-state index contributed by atoms with van der Waals surface area (Å²) in [6.07, 6.45) is -1.34. The average molecular weight is 309 g/mol. The highest BCUT2D eigenvalue weighted by Crippen LogP contribution is 2.27. The maximum absolute atomic E-state index is 11.2. The van der Waals surface area contributed by atoms with Gasteiger partial charge in [-0.1, -0.05) is 15.9 Å². The number of carbonyl (C=O) groups excluding carboxylic acids is 1. The molecule has 4 nitrogen and oxygen atoms in total. The average Bonchev–Trinajstić information content (AvgIpc) is 2.76. The van der Waals surface area contributed by atoms with Crippen molar-refractivity contribution in [3.63, 3.8) is 0 Å². The van der Waals surface area contributed by atoms with Crippen LogP contribution in [0.2, 0.25) is 0 Å². The summed E-state index contributed by atoms with van der Waals surface area (Å²) in [6.45, 7) is 0. The molecule has 0 amide bonds. The summed E-state index contributed by atoms with van der Waals surface area (Å²) in [7, 11) is 1.30. The fraction of sp³-hybridized carbons (Fsp3) is 0.500. The number of thiophene rings is 1. The molecule has 16 heavy (non-hydrogen) atoms. The molecule has 0 aliphatic carbocycles. The van der Waals surface area contributed by atoms with Crippen LogP contribution in [0.3, 0.4) is 0 Å². The van der Waals surface area contributed by atoms with E-state index in [1.807, 2.05) is 0 Å². The standard InChI is InChI=1S/C10H13BrO4S/c1-15-10(14)8-3-2-7(16-8)9(13)6(12)4-5-11/h2-3,6,9,12-13H,4-5H2,1H3. The molecule has 1 rings (SSSR count). The normalized spacial score (nSPS) is 14.5. The number of hydrogen-bond donors (Lipinski definition) is 2. The van der Waals surface area contributed by atoms with Crippen LogP contribution >= 0.6 is 27.3 Å². The Balaban J connectivity index is 2.73. The lowest BCUT2D eigenvalue weighted by Crippen LogP contribution is -2.17. The molecule has 0 bridgehead atoms. The Kier molecular flexibility index (Phi) is 5.40. The third-order valence-corrected chi connectivity index (χ3v) is 3.67. The number of aliphatic hydroxyl groups excluding tert-OH is 2. The van der Waals surface area contributed by atoms with E-state index in [0.29, 0.717) is 21.5 Å². The van der Waals surface area contributed by atoms with Gasteiger partial charge in [0.05, 0.1) is 13.2 Å². The molecule has 0 aromatic carbocycles. The Morgan fingerprint density at radius 1 is 1.56 bits per heavy atom. The molecular weight excluding hydrogens is 296 g/mol. The second kappa shape index (κ2) is 6.34. The summed E-state index contributed by atoms with van der Waals surface area (Å²) in [6, 6.07) is 3.20. The number of ether oxygens (including phenoxy) is 1. The van der Waals surface area contributed by atoms with Crippen molar-refractivity contribution >= 4 is 33.2 Å². The van der Waals surface area contributed by atoms with Crippen molar-refractivity contribution in [3.8, 4) is 0 Å². The fourth-order valence-corrected chi connectivity index (χ4v) is 2.62. The van der Waals surface area contributed by atoms with Gasteiger partial charge < -0.3 is 14.9 Å². The summed E-state index contributed by atoms with van der Waals surface area (Å²) in [5.41, 5.74) is 0. The minimum atomic E-state index is -0.957. The van der Waals surface area contributed by atoms with Crippen LogP contribution in [-0.4, -0.2) is 34.7 Å². The molecule has 1 aromatic heterocycles. The van der Waals surface area contributed by atoms with Gasteiger partial charge in [0.2, 0.25) is 0 Å². The first kappa shape index (κ1) is 13.6. The van der Waals surface area contributed by atoms with Crippen molar-refractivity contribution in [1.29, 1.82) is 0 Å². The third-order valence-electron chi connectivity index (χ3n) is 2.07. The molecule has 1 heterocycles. The van der Waals surface area contributed by atoms with Gasteiger partial charge in [0.15, 0.2) is 0 Å².